The number of carbonyl (C=O) groups excluding carboxylic acids is 1. The lowest BCUT2D eigenvalue weighted by atomic mass is 10.0. The van der Waals surface area contributed by atoms with Crippen molar-refractivity contribution >= 4 is 5.91 Å². The average Bonchev–Trinajstić information content (AvgIpc) is 2.40. The Bertz CT molecular complexity index is 286. The van der Waals surface area contributed by atoms with Crippen LogP contribution in [0.1, 0.15) is 40.0 Å². The van der Waals surface area contributed by atoms with Gasteiger partial charge >= 0.3 is 0 Å². The van der Waals surface area contributed by atoms with Gasteiger partial charge in [-0.3, -0.25) is 9.69 Å². The number of nitrogens with one attached hydrogen (secondary N) is 1. The van der Waals surface area contributed by atoms with Gasteiger partial charge in [0, 0.05) is 31.7 Å². The maximum Gasteiger partial charge on any atom is 0.234 e. The topological polar surface area (TPSA) is 61.6 Å². The molecule has 1 heterocycles. The van der Waals surface area contributed by atoms with E-state index in [2.05, 4.69) is 35.9 Å². The normalized spacial score (nSPS) is 18.2. The number of nitrogens with two attached hydrogens (primary N) is 1. The van der Waals surface area contributed by atoms with Crippen LogP contribution in [-0.4, -0.2) is 67.1 Å². The van der Waals surface area contributed by atoms with E-state index in [0.29, 0.717) is 6.54 Å². The molecule has 0 saturated carbocycles. The quantitative estimate of drug-likeness (QED) is 0.643. The maximum absolute atomic E-state index is 12.0. The molecule has 5 heteroatoms. The lowest BCUT2D eigenvalue weighted by molar-refractivity contribution is -0.124. The molecule has 1 saturated heterocycles. The van der Waals surface area contributed by atoms with Crippen molar-refractivity contribution in [2.75, 3.05) is 45.8 Å². The van der Waals surface area contributed by atoms with E-state index in [1.807, 2.05) is 0 Å². The van der Waals surface area contributed by atoms with Crippen molar-refractivity contribution in [3.05, 3.63) is 0 Å². The zero-order valence-corrected chi connectivity index (χ0v) is 13.5. The third kappa shape index (κ3) is 6.68. The van der Waals surface area contributed by atoms with E-state index in [1.54, 1.807) is 0 Å². The Morgan fingerprint density at radius 1 is 1.15 bits per heavy atom. The van der Waals surface area contributed by atoms with Crippen molar-refractivity contribution in [3.8, 4) is 0 Å². The minimum absolute atomic E-state index is 0.0961. The van der Waals surface area contributed by atoms with Crippen molar-refractivity contribution < 1.29 is 4.79 Å². The predicted octanol–water partition coefficient (Wildman–Crippen LogP) is 0.648. The third-order valence-corrected chi connectivity index (χ3v) is 4.12. The van der Waals surface area contributed by atoms with Crippen LogP contribution >= 0.6 is 0 Å². The molecule has 0 bridgehead atoms. The summed E-state index contributed by atoms with van der Waals surface area (Å²) in [5, 5.41) is 3.10. The highest BCUT2D eigenvalue weighted by Gasteiger charge is 2.22. The van der Waals surface area contributed by atoms with Gasteiger partial charge in [-0.25, -0.2) is 0 Å². The lowest BCUT2D eigenvalue weighted by Crippen LogP contribution is -2.52. The standard InChI is InChI=1S/C15H32N4O/c1-4-15(2,3)17-14(20)13-19-11-9-18(10-12-19)8-6-5-7-16/h4-13,16H2,1-3H3,(H,17,20). The molecule has 20 heavy (non-hydrogen) atoms. The summed E-state index contributed by atoms with van der Waals surface area (Å²) in [6.45, 7) is 12.8. The second-order valence-corrected chi connectivity index (χ2v) is 6.40. The Labute approximate surface area is 123 Å². The molecule has 0 spiro atoms. The number of rotatable bonds is 8. The number of amides is 1. The fraction of sp³-hybridized carbons (Fsp3) is 0.933. The van der Waals surface area contributed by atoms with Crippen molar-refractivity contribution in [1.29, 1.82) is 0 Å². The van der Waals surface area contributed by atoms with Gasteiger partial charge in [0.15, 0.2) is 0 Å². The van der Waals surface area contributed by atoms with Gasteiger partial charge in [-0.1, -0.05) is 6.92 Å². The number of piperazine rings is 1. The molecule has 1 aliphatic rings. The molecule has 0 aliphatic carbocycles. The maximum atomic E-state index is 12.0. The van der Waals surface area contributed by atoms with Gasteiger partial charge in [-0.05, 0) is 46.2 Å². The zero-order valence-electron chi connectivity index (χ0n) is 13.5. The van der Waals surface area contributed by atoms with Gasteiger partial charge in [-0.2, -0.15) is 0 Å². The summed E-state index contributed by atoms with van der Waals surface area (Å²) in [5.74, 6) is 0.147. The average molecular weight is 284 g/mol. The Balaban J connectivity index is 2.20. The van der Waals surface area contributed by atoms with Gasteiger partial charge in [0.2, 0.25) is 5.91 Å². The Kier molecular flexibility index (Phi) is 7.48. The number of hydrogen-bond acceptors (Lipinski definition) is 4. The van der Waals surface area contributed by atoms with E-state index >= 15 is 0 Å². The van der Waals surface area contributed by atoms with Crippen LogP contribution in [0.5, 0.6) is 0 Å². The Morgan fingerprint density at radius 3 is 2.30 bits per heavy atom. The van der Waals surface area contributed by atoms with E-state index in [0.717, 1.165) is 52.1 Å². The molecule has 118 valence electrons. The molecule has 3 N–H and O–H groups in total. The summed E-state index contributed by atoms with van der Waals surface area (Å²) >= 11 is 0. The first-order valence-electron chi connectivity index (χ1n) is 7.92. The van der Waals surface area contributed by atoms with Gasteiger partial charge < -0.3 is 16.0 Å². The number of unbranched alkanes of at least 4 members (excludes halogenated alkanes) is 1. The molecule has 1 fully saturated rings. The largest absolute Gasteiger partial charge is 0.350 e. The van der Waals surface area contributed by atoms with Gasteiger partial charge in [0.25, 0.3) is 0 Å². The van der Waals surface area contributed by atoms with Crippen molar-refractivity contribution in [2.24, 2.45) is 5.73 Å². The SMILES string of the molecule is CCC(C)(C)NC(=O)CN1CCN(CCCCN)CC1. The zero-order chi connectivity index (χ0) is 15.0. The smallest absolute Gasteiger partial charge is 0.234 e. The Hall–Kier alpha value is -0.650. The minimum Gasteiger partial charge on any atom is -0.350 e. The molecular weight excluding hydrogens is 252 g/mol. The molecule has 1 rings (SSSR count). The summed E-state index contributed by atoms with van der Waals surface area (Å²) in [4.78, 5) is 16.7. The number of nitrogens with zero attached hydrogens (tertiary/aromatic N) is 2. The molecule has 0 radical (unpaired) electrons. The highest BCUT2D eigenvalue weighted by atomic mass is 16.2. The molecule has 1 aliphatic heterocycles. The molecular formula is C15H32N4O. The highest BCUT2D eigenvalue weighted by molar-refractivity contribution is 5.78. The van der Waals surface area contributed by atoms with Crippen molar-refractivity contribution in [3.63, 3.8) is 0 Å². The fourth-order valence-corrected chi connectivity index (χ4v) is 2.36. The van der Waals surface area contributed by atoms with Crippen LogP contribution < -0.4 is 11.1 Å². The minimum atomic E-state index is -0.0961. The molecule has 1 amide bonds. The number of hydrogen-bond donors (Lipinski definition) is 2. The van der Waals surface area contributed by atoms with E-state index < -0.39 is 0 Å². The Morgan fingerprint density at radius 2 is 1.75 bits per heavy atom. The highest BCUT2D eigenvalue weighted by Crippen LogP contribution is 2.07. The van der Waals surface area contributed by atoms with Crippen LogP contribution in [0.4, 0.5) is 0 Å². The molecule has 0 aromatic carbocycles. The lowest BCUT2D eigenvalue weighted by Gasteiger charge is -2.35. The van der Waals surface area contributed by atoms with E-state index in [1.165, 1.54) is 6.42 Å². The summed E-state index contributed by atoms with van der Waals surface area (Å²) in [6, 6.07) is 0. The molecule has 0 aromatic rings. The van der Waals surface area contributed by atoms with Gasteiger partial charge in [0.05, 0.1) is 6.54 Å². The van der Waals surface area contributed by atoms with Gasteiger partial charge in [-0.15, -0.1) is 0 Å². The first kappa shape index (κ1) is 17.4. The van der Waals surface area contributed by atoms with Crippen LogP contribution in [0.15, 0.2) is 0 Å². The predicted molar refractivity (Wildman–Crippen MR) is 83.7 cm³/mol. The van der Waals surface area contributed by atoms with Crippen molar-refractivity contribution in [2.45, 2.75) is 45.6 Å². The van der Waals surface area contributed by atoms with Crippen LogP contribution in [0, 0.1) is 0 Å². The third-order valence-electron chi connectivity index (χ3n) is 4.12. The van der Waals surface area contributed by atoms with Crippen molar-refractivity contribution in [1.82, 2.24) is 15.1 Å². The molecule has 0 unspecified atom stereocenters. The van der Waals surface area contributed by atoms with Crippen LogP contribution in [0.2, 0.25) is 0 Å². The summed E-state index contributed by atoms with van der Waals surface area (Å²) in [7, 11) is 0. The van der Waals surface area contributed by atoms with E-state index in [4.69, 9.17) is 5.73 Å². The first-order valence-corrected chi connectivity index (χ1v) is 7.92. The van der Waals surface area contributed by atoms with Crippen LogP contribution in [0.25, 0.3) is 0 Å². The van der Waals surface area contributed by atoms with Gasteiger partial charge in [0.1, 0.15) is 0 Å². The summed E-state index contributed by atoms with van der Waals surface area (Å²) in [6.07, 6.45) is 3.24. The molecule has 5 nitrogen and oxygen atoms in total. The fourth-order valence-electron chi connectivity index (χ4n) is 2.36. The second kappa shape index (κ2) is 8.60. The summed E-state index contributed by atoms with van der Waals surface area (Å²) in [5.41, 5.74) is 5.42. The number of carbonyl (C=O) groups is 1. The molecule has 0 atom stereocenters. The van der Waals surface area contributed by atoms with Crippen LogP contribution in [0.3, 0.4) is 0 Å². The van der Waals surface area contributed by atoms with Crippen LogP contribution in [-0.2, 0) is 4.79 Å². The summed E-state index contributed by atoms with van der Waals surface area (Å²) < 4.78 is 0. The molecule has 0 aromatic heterocycles. The van der Waals surface area contributed by atoms with E-state index in [-0.39, 0.29) is 11.4 Å². The first-order chi connectivity index (χ1) is 9.46. The second-order valence-electron chi connectivity index (χ2n) is 6.40. The van der Waals surface area contributed by atoms with E-state index in [9.17, 15) is 4.79 Å². The monoisotopic (exact) mass is 284 g/mol.